The number of nitrogens with one attached hydrogen (secondary N) is 1. The molecule has 0 saturated heterocycles. The van der Waals surface area contributed by atoms with E-state index in [2.05, 4.69) is 10.4 Å². The van der Waals surface area contributed by atoms with Crippen LogP contribution in [0.15, 0.2) is 66.5 Å². The number of nitrogens with zero attached hydrogens (tertiary/aromatic N) is 3. The molecule has 0 aliphatic heterocycles. The Hall–Kier alpha value is -3.65. The predicted molar refractivity (Wildman–Crippen MR) is 106 cm³/mol. The first-order valence-electron chi connectivity index (χ1n) is 8.62. The van der Waals surface area contributed by atoms with Crippen LogP contribution in [0.1, 0.15) is 22.3 Å². The predicted octanol–water partition coefficient (Wildman–Crippen LogP) is 4.09. The molecule has 3 rings (SSSR count). The minimum Gasteiger partial charge on any atom is -0.321 e. The monoisotopic (exact) mass is 356 g/mol. The summed E-state index contributed by atoms with van der Waals surface area (Å²) in [7, 11) is 0. The molecule has 0 bridgehead atoms. The highest BCUT2D eigenvalue weighted by Gasteiger charge is 2.11. The van der Waals surface area contributed by atoms with E-state index in [1.807, 2.05) is 74.6 Å². The fourth-order valence-corrected chi connectivity index (χ4v) is 2.77. The van der Waals surface area contributed by atoms with E-state index in [1.165, 1.54) is 0 Å². The Balaban J connectivity index is 1.74. The zero-order valence-corrected chi connectivity index (χ0v) is 15.3. The molecular weight excluding hydrogens is 336 g/mol. The first-order chi connectivity index (χ1) is 13.0. The molecule has 1 amide bonds. The van der Waals surface area contributed by atoms with Crippen molar-refractivity contribution in [3.8, 4) is 6.07 Å². The third kappa shape index (κ3) is 4.71. The third-order valence-corrected chi connectivity index (χ3v) is 4.15. The molecule has 0 spiro atoms. The Labute approximate surface area is 158 Å². The van der Waals surface area contributed by atoms with E-state index in [0.717, 1.165) is 16.7 Å². The van der Waals surface area contributed by atoms with Crippen LogP contribution in [0, 0.1) is 25.2 Å². The first kappa shape index (κ1) is 18.2. The molecule has 134 valence electrons. The highest BCUT2D eigenvalue weighted by Crippen LogP contribution is 2.17. The van der Waals surface area contributed by atoms with E-state index in [9.17, 15) is 10.1 Å². The summed E-state index contributed by atoms with van der Waals surface area (Å²) in [5.41, 5.74) is 4.65. The minimum atomic E-state index is -0.430. The molecule has 0 aliphatic carbocycles. The van der Waals surface area contributed by atoms with Crippen molar-refractivity contribution >= 4 is 17.7 Å². The van der Waals surface area contributed by atoms with Gasteiger partial charge in [0.25, 0.3) is 5.91 Å². The Morgan fingerprint density at radius 1 is 1.22 bits per heavy atom. The SMILES string of the molecule is Cc1ccc(NC(=O)/C(C#N)=C/c2cnn(Cc3ccccc3)c2)c(C)c1. The van der Waals surface area contributed by atoms with Crippen molar-refractivity contribution in [2.45, 2.75) is 20.4 Å². The molecule has 0 aliphatic rings. The lowest BCUT2D eigenvalue weighted by Crippen LogP contribution is -2.14. The van der Waals surface area contributed by atoms with Crippen LogP contribution in [0.3, 0.4) is 0 Å². The summed E-state index contributed by atoms with van der Waals surface area (Å²) in [5, 5.41) is 16.5. The maximum absolute atomic E-state index is 12.5. The molecule has 3 aromatic rings. The summed E-state index contributed by atoms with van der Waals surface area (Å²) in [4.78, 5) is 12.5. The molecule has 5 nitrogen and oxygen atoms in total. The van der Waals surface area contributed by atoms with Crippen molar-refractivity contribution in [1.29, 1.82) is 5.26 Å². The van der Waals surface area contributed by atoms with Crippen LogP contribution in [0.4, 0.5) is 5.69 Å². The molecule has 0 fully saturated rings. The lowest BCUT2D eigenvalue weighted by atomic mass is 10.1. The Bertz CT molecular complexity index is 1030. The Morgan fingerprint density at radius 3 is 2.70 bits per heavy atom. The topological polar surface area (TPSA) is 70.7 Å². The number of rotatable bonds is 5. The van der Waals surface area contributed by atoms with Gasteiger partial charge in [0.1, 0.15) is 11.6 Å². The average Bonchev–Trinajstić information content (AvgIpc) is 3.09. The van der Waals surface area contributed by atoms with Crippen LogP contribution in [0.5, 0.6) is 0 Å². The van der Waals surface area contributed by atoms with Crippen LogP contribution < -0.4 is 5.32 Å². The number of amides is 1. The van der Waals surface area contributed by atoms with Crippen molar-refractivity contribution in [2.75, 3.05) is 5.32 Å². The van der Waals surface area contributed by atoms with Crippen molar-refractivity contribution < 1.29 is 4.79 Å². The number of aryl methyl sites for hydroxylation is 2. The maximum atomic E-state index is 12.5. The smallest absolute Gasteiger partial charge is 0.266 e. The minimum absolute atomic E-state index is 0.0363. The van der Waals surface area contributed by atoms with Gasteiger partial charge in [0.2, 0.25) is 0 Å². The van der Waals surface area contributed by atoms with E-state index in [0.29, 0.717) is 17.8 Å². The molecular formula is C22H20N4O. The van der Waals surface area contributed by atoms with Gasteiger partial charge in [-0.2, -0.15) is 10.4 Å². The normalized spacial score (nSPS) is 11.1. The molecule has 0 atom stereocenters. The number of carbonyl (C=O) groups is 1. The molecule has 1 heterocycles. The molecule has 27 heavy (non-hydrogen) atoms. The van der Waals surface area contributed by atoms with Gasteiger partial charge in [-0.15, -0.1) is 0 Å². The number of aromatic nitrogens is 2. The van der Waals surface area contributed by atoms with Crippen LogP contribution in [-0.2, 0) is 11.3 Å². The Morgan fingerprint density at radius 2 is 2.00 bits per heavy atom. The fraction of sp³-hybridized carbons (Fsp3) is 0.136. The summed E-state index contributed by atoms with van der Waals surface area (Å²) >= 11 is 0. The van der Waals surface area contributed by atoms with Crippen molar-refractivity contribution in [2.24, 2.45) is 0 Å². The van der Waals surface area contributed by atoms with Gasteiger partial charge < -0.3 is 5.32 Å². The largest absolute Gasteiger partial charge is 0.321 e. The number of nitriles is 1. The number of carbonyl (C=O) groups excluding carboxylic acids is 1. The lowest BCUT2D eigenvalue weighted by molar-refractivity contribution is -0.112. The Kier molecular flexibility index (Phi) is 5.48. The second kappa shape index (κ2) is 8.15. The number of anilines is 1. The van der Waals surface area contributed by atoms with Crippen LogP contribution in [0.2, 0.25) is 0 Å². The number of benzene rings is 2. The fourth-order valence-electron chi connectivity index (χ4n) is 2.77. The summed E-state index contributed by atoms with van der Waals surface area (Å²) in [6.45, 7) is 4.55. The van der Waals surface area contributed by atoms with Gasteiger partial charge in [0, 0.05) is 17.4 Å². The molecule has 2 aromatic carbocycles. The van der Waals surface area contributed by atoms with Crippen molar-refractivity contribution in [3.63, 3.8) is 0 Å². The quantitative estimate of drug-likeness (QED) is 0.553. The summed E-state index contributed by atoms with van der Waals surface area (Å²) in [6, 6.07) is 17.7. The van der Waals surface area contributed by atoms with Gasteiger partial charge >= 0.3 is 0 Å². The lowest BCUT2D eigenvalue weighted by Gasteiger charge is -2.08. The highest BCUT2D eigenvalue weighted by atomic mass is 16.1. The summed E-state index contributed by atoms with van der Waals surface area (Å²) < 4.78 is 1.78. The van der Waals surface area contributed by atoms with Gasteiger partial charge in [-0.3, -0.25) is 9.48 Å². The molecule has 1 N–H and O–H groups in total. The molecule has 0 radical (unpaired) electrons. The summed E-state index contributed by atoms with van der Waals surface area (Å²) in [5.74, 6) is -0.430. The zero-order chi connectivity index (χ0) is 19.2. The number of hydrogen-bond acceptors (Lipinski definition) is 3. The zero-order valence-electron chi connectivity index (χ0n) is 15.3. The van der Waals surface area contributed by atoms with E-state index in [-0.39, 0.29) is 5.57 Å². The molecule has 1 aromatic heterocycles. The van der Waals surface area contributed by atoms with Gasteiger partial charge in [-0.05, 0) is 37.1 Å². The van der Waals surface area contributed by atoms with Crippen molar-refractivity contribution in [1.82, 2.24) is 9.78 Å². The van der Waals surface area contributed by atoms with Crippen LogP contribution in [0.25, 0.3) is 6.08 Å². The molecule has 5 heteroatoms. The standard InChI is InChI=1S/C22H20N4O/c1-16-8-9-21(17(2)10-16)25-22(27)20(12-23)11-19-13-24-26(15-19)14-18-6-4-3-5-7-18/h3-11,13,15H,14H2,1-2H3,(H,25,27)/b20-11+. The van der Waals surface area contributed by atoms with E-state index < -0.39 is 5.91 Å². The highest BCUT2D eigenvalue weighted by molar-refractivity contribution is 6.09. The van der Waals surface area contributed by atoms with E-state index in [1.54, 1.807) is 17.0 Å². The van der Waals surface area contributed by atoms with Crippen molar-refractivity contribution in [3.05, 3.63) is 88.8 Å². The second-order valence-corrected chi connectivity index (χ2v) is 6.40. The van der Waals surface area contributed by atoms with Gasteiger partial charge in [-0.1, -0.05) is 48.0 Å². The average molecular weight is 356 g/mol. The molecule has 0 unspecified atom stereocenters. The van der Waals surface area contributed by atoms with Crippen LogP contribution >= 0.6 is 0 Å². The van der Waals surface area contributed by atoms with Crippen LogP contribution in [-0.4, -0.2) is 15.7 Å². The van der Waals surface area contributed by atoms with Gasteiger partial charge in [-0.25, -0.2) is 0 Å². The second-order valence-electron chi connectivity index (χ2n) is 6.40. The first-order valence-corrected chi connectivity index (χ1v) is 8.62. The maximum Gasteiger partial charge on any atom is 0.266 e. The number of hydrogen-bond donors (Lipinski definition) is 1. The van der Waals surface area contributed by atoms with Gasteiger partial charge in [0.15, 0.2) is 0 Å². The molecule has 0 saturated carbocycles. The van der Waals surface area contributed by atoms with E-state index in [4.69, 9.17) is 0 Å². The summed E-state index contributed by atoms with van der Waals surface area (Å²) in [6.07, 6.45) is 5.01. The third-order valence-electron chi connectivity index (χ3n) is 4.15. The van der Waals surface area contributed by atoms with E-state index >= 15 is 0 Å². The van der Waals surface area contributed by atoms with Gasteiger partial charge in [0.05, 0.1) is 12.7 Å².